The van der Waals surface area contributed by atoms with E-state index in [1.54, 1.807) is 6.20 Å². The summed E-state index contributed by atoms with van der Waals surface area (Å²) in [6.07, 6.45) is 20.9. The van der Waals surface area contributed by atoms with Gasteiger partial charge in [0, 0.05) is 42.0 Å². The Balaban J connectivity index is 0.00000496. The number of nitrogens with zero attached hydrogens (tertiary/aromatic N) is 2. The van der Waals surface area contributed by atoms with E-state index in [1.807, 2.05) is 62.4 Å². The number of aryl methyl sites for hydroxylation is 1. The molecule has 0 heterocycles. The van der Waals surface area contributed by atoms with Crippen LogP contribution in [0.5, 0.6) is 0 Å². The topological polar surface area (TPSA) is 74.8 Å². The maximum atomic E-state index is 6.37. The molecule has 0 amide bonds. The maximum absolute atomic E-state index is 6.37. The average molecular weight is 600 g/mol. The lowest BCUT2D eigenvalue weighted by Crippen LogP contribution is -2.16. The Labute approximate surface area is 271 Å². The minimum Gasteiger partial charge on any atom is -0.402 e. The number of aliphatic imine (C=N–C) groups is 2. The normalized spacial score (nSPS) is 13.2. The smallest absolute Gasteiger partial charge is 0.0692 e. The molecule has 0 unspecified atom stereocenters. The zero-order valence-electron chi connectivity index (χ0n) is 27.4. The van der Waals surface area contributed by atoms with Crippen molar-refractivity contribution in [2.24, 2.45) is 15.7 Å². The second kappa shape index (κ2) is 21.5. The highest BCUT2D eigenvalue weighted by atomic mass is 14.9. The van der Waals surface area contributed by atoms with Gasteiger partial charge >= 0.3 is 0 Å². The molecule has 5 nitrogen and oxygen atoms in total. The summed E-state index contributed by atoms with van der Waals surface area (Å²) in [4.78, 5) is 8.29. The van der Waals surface area contributed by atoms with E-state index in [2.05, 4.69) is 110 Å². The summed E-state index contributed by atoms with van der Waals surface area (Å²) in [5.41, 5.74) is 17.3. The fourth-order valence-corrected chi connectivity index (χ4v) is 4.35. The Morgan fingerprint density at radius 3 is 2.31 bits per heavy atom. The van der Waals surface area contributed by atoms with E-state index in [0.29, 0.717) is 19.4 Å². The number of allylic oxidation sites excluding steroid dienone is 9. The van der Waals surface area contributed by atoms with Gasteiger partial charge in [0.25, 0.3) is 0 Å². The quantitative estimate of drug-likeness (QED) is 0.0967. The molecule has 0 fully saturated rings. The van der Waals surface area contributed by atoms with Crippen LogP contribution < -0.4 is 16.4 Å². The molecule has 2 aromatic rings. The van der Waals surface area contributed by atoms with Gasteiger partial charge in [0.2, 0.25) is 0 Å². The zero-order chi connectivity index (χ0) is 33.6. The van der Waals surface area contributed by atoms with Crippen molar-refractivity contribution in [1.29, 1.82) is 0 Å². The molecule has 0 aliphatic heterocycles. The molecule has 4 N–H and O–H groups in total. The molecule has 5 heteroatoms. The van der Waals surface area contributed by atoms with Crippen molar-refractivity contribution in [2.75, 3.05) is 6.54 Å². The van der Waals surface area contributed by atoms with E-state index >= 15 is 0 Å². The summed E-state index contributed by atoms with van der Waals surface area (Å²) >= 11 is 0. The van der Waals surface area contributed by atoms with Crippen LogP contribution in [-0.4, -0.2) is 20.0 Å². The van der Waals surface area contributed by atoms with E-state index in [4.69, 9.17) is 5.73 Å². The largest absolute Gasteiger partial charge is 0.402 e. The molecule has 0 aliphatic carbocycles. The number of hydrogen-bond donors (Lipinski definition) is 3. The van der Waals surface area contributed by atoms with Crippen LogP contribution in [0.15, 0.2) is 154 Å². The first-order chi connectivity index (χ1) is 21.7. The van der Waals surface area contributed by atoms with Crippen LogP contribution in [0.25, 0.3) is 5.57 Å². The lowest BCUT2D eigenvalue weighted by atomic mass is 9.97. The van der Waals surface area contributed by atoms with Crippen molar-refractivity contribution < 1.29 is 0 Å². The van der Waals surface area contributed by atoms with Crippen LogP contribution in [0.4, 0.5) is 0 Å². The highest BCUT2D eigenvalue weighted by molar-refractivity contribution is 5.79. The fourth-order valence-electron chi connectivity index (χ4n) is 4.35. The van der Waals surface area contributed by atoms with Crippen LogP contribution in [0.1, 0.15) is 50.3 Å². The highest BCUT2D eigenvalue weighted by Gasteiger charge is 2.09. The van der Waals surface area contributed by atoms with Gasteiger partial charge in [-0.25, -0.2) is 0 Å². The van der Waals surface area contributed by atoms with Crippen molar-refractivity contribution in [3.63, 3.8) is 0 Å². The Hall–Kier alpha value is -5.18. The summed E-state index contributed by atoms with van der Waals surface area (Å²) in [5, 5.41) is 6.91. The highest BCUT2D eigenvalue weighted by Crippen LogP contribution is 2.26. The molecule has 2 rings (SSSR count). The molecule has 0 radical (unpaired) electrons. The van der Waals surface area contributed by atoms with Gasteiger partial charge in [0.15, 0.2) is 0 Å². The molecule has 2 aromatic carbocycles. The van der Waals surface area contributed by atoms with E-state index < -0.39 is 0 Å². The zero-order valence-corrected chi connectivity index (χ0v) is 27.4. The first kappa shape index (κ1) is 37.8. The first-order valence-electron chi connectivity index (χ1n) is 14.8. The number of rotatable bonds is 17. The SMILES string of the molecule is C#C.C=C\C(=C/C(=C\C)C(=C/C=C(/N)CCC(=C)N/C(C)=C(C)/C(=C\N=C)c1cccc(C)c1)/N=C)CNCc1ccccc1. The minimum atomic E-state index is 0.649. The van der Waals surface area contributed by atoms with Crippen LogP contribution in [0.3, 0.4) is 0 Å². The molecular weight excluding hydrogens is 550 g/mol. The van der Waals surface area contributed by atoms with E-state index in [0.717, 1.165) is 57.2 Å². The molecule has 234 valence electrons. The number of nitrogens with one attached hydrogen (secondary N) is 2. The van der Waals surface area contributed by atoms with Gasteiger partial charge in [0.05, 0.1) is 5.70 Å². The summed E-state index contributed by atoms with van der Waals surface area (Å²) in [5.74, 6) is 0. The summed E-state index contributed by atoms with van der Waals surface area (Å²) in [7, 11) is 0. The van der Waals surface area contributed by atoms with E-state index in [1.165, 1.54) is 11.1 Å². The van der Waals surface area contributed by atoms with Crippen molar-refractivity contribution in [2.45, 2.75) is 47.1 Å². The van der Waals surface area contributed by atoms with Crippen LogP contribution in [-0.2, 0) is 6.54 Å². The Morgan fingerprint density at radius 2 is 1.71 bits per heavy atom. The molecular formula is C40H49N5. The second-order valence-electron chi connectivity index (χ2n) is 10.3. The van der Waals surface area contributed by atoms with E-state index in [-0.39, 0.29) is 0 Å². The molecule has 0 atom stereocenters. The summed E-state index contributed by atoms with van der Waals surface area (Å²) < 4.78 is 0. The number of terminal acetylenes is 1. The van der Waals surface area contributed by atoms with E-state index in [9.17, 15) is 0 Å². The first-order valence-corrected chi connectivity index (χ1v) is 14.8. The van der Waals surface area contributed by atoms with Crippen LogP contribution >= 0.6 is 0 Å². The third kappa shape index (κ3) is 13.8. The second-order valence-corrected chi connectivity index (χ2v) is 10.3. The third-order valence-corrected chi connectivity index (χ3v) is 6.93. The Kier molecular flexibility index (Phi) is 18.1. The van der Waals surface area contributed by atoms with Gasteiger partial charge in [-0.3, -0.25) is 9.98 Å². The van der Waals surface area contributed by atoms with Gasteiger partial charge in [-0.05, 0) is 100 Å². The van der Waals surface area contributed by atoms with Crippen molar-refractivity contribution in [3.8, 4) is 12.8 Å². The lowest BCUT2D eigenvalue weighted by molar-refractivity contribution is 0.747. The molecule has 0 saturated heterocycles. The molecule has 0 spiro atoms. The Bertz CT molecular complexity index is 1510. The lowest BCUT2D eigenvalue weighted by Gasteiger charge is -2.16. The van der Waals surface area contributed by atoms with Gasteiger partial charge in [-0.1, -0.05) is 85.5 Å². The molecule has 0 aromatic heterocycles. The summed E-state index contributed by atoms with van der Waals surface area (Å²) in [6, 6.07) is 18.7. The standard InChI is InChI=1S/C38H47N5.C2H2/c1-9-32(25-42-26-33-16-12-11-13-17-33)24-34(10-2)38(41-8)22-21-36(39)20-19-29(4)43-31(6)30(5)37(27-40-7)35-18-14-15-28(3)23-35;1-2/h9-18,21-24,27,42-43H,1,4,7-8,19-20,25-26,39H2,2-3,5-6H3;1-2H/b31-30+,32-24+,34-10+,36-21+,37-27+,38-22-;. The fraction of sp³-hybridized carbons (Fsp3) is 0.200. The van der Waals surface area contributed by atoms with Gasteiger partial charge in [0.1, 0.15) is 0 Å². The van der Waals surface area contributed by atoms with Crippen molar-refractivity contribution in [1.82, 2.24) is 10.6 Å². The van der Waals surface area contributed by atoms with Gasteiger partial charge in [-0.2, -0.15) is 0 Å². The molecule has 0 saturated carbocycles. The molecule has 45 heavy (non-hydrogen) atoms. The summed E-state index contributed by atoms with van der Waals surface area (Å²) in [6.45, 7) is 25.3. The maximum Gasteiger partial charge on any atom is 0.0692 e. The Morgan fingerprint density at radius 1 is 1.00 bits per heavy atom. The predicted molar refractivity (Wildman–Crippen MR) is 199 cm³/mol. The van der Waals surface area contributed by atoms with Crippen molar-refractivity contribution >= 4 is 19.0 Å². The monoisotopic (exact) mass is 599 g/mol. The van der Waals surface area contributed by atoms with Gasteiger partial charge < -0.3 is 16.4 Å². The van der Waals surface area contributed by atoms with Crippen LogP contribution in [0, 0.1) is 19.8 Å². The average Bonchev–Trinajstić information content (AvgIpc) is 3.06. The predicted octanol–water partition coefficient (Wildman–Crippen LogP) is 8.74. The third-order valence-electron chi connectivity index (χ3n) is 6.93. The number of hydrogen-bond acceptors (Lipinski definition) is 5. The molecule has 0 bridgehead atoms. The molecule has 0 aliphatic rings. The minimum absolute atomic E-state index is 0.649. The van der Waals surface area contributed by atoms with Crippen molar-refractivity contribution in [3.05, 3.63) is 161 Å². The van der Waals surface area contributed by atoms with Gasteiger partial charge in [-0.15, -0.1) is 12.8 Å². The number of benzene rings is 2. The van der Waals surface area contributed by atoms with Crippen LogP contribution in [0.2, 0.25) is 0 Å². The number of nitrogens with two attached hydrogens (primary N) is 1.